The number of halogens is 1. The average Bonchev–Trinajstić information content (AvgIpc) is 3.11. The maximum atomic E-state index is 12.3. The molecule has 1 aliphatic heterocycles. The predicted molar refractivity (Wildman–Crippen MR) is 100 cm³/mol. The van der Waals surface area contributed by atoms with Crippen LogP contribution in [0.15, 0.2) is 18.2 Å². The van der Waals surface area contributed by atoms with E-state index < -0.39 is 5.97 Å². The maximum Gasteiger partial charge on any atom is 0.307 e. The lowest BCUT2D eigenvalue weighted by molar-refractivity contribution is -0.141. The number of rotatable bonds is 8. The first-order valence-corrected chi connectivity index (χ1v) is 8.41. The zero-order chi connectivity index (χ0) is 18.4. The molecular weight excluding hydrogens is 360 g/mol. The number of hydrogen-bond acceptors (Lipinski definition) is 5. The van der Waals surface area contributed by atoms with Crippen molar-refractivity contribution in [3.63, 3.8) is 0 Å². The fourth-order valence-electron chi connectivity index (χ4n) is 3.02. The Balaban J connectivity index is 0.00000338. The summed E-state index contributed by atoms with van der Waals surface area (Å²) in [5.41, 5.74) is 1.04. The van der Waals surface area contributed by atoms with Gasteiger partial charge >= 0.3 is 5.97 Å². The average molecular weight is 387 g/mol. The Morgan fingerprint density at radius 2 is 2.00 bits per heavy atom. The SMILES string of the molecule is COc1ccc(CCNC(=O)C(C)N2CCC(C(=O)O)C2)cc1OC.Cl. The molecule has 1 heterocycles. The van der Waals surface area contributed by atoms with E-state index in [9.17, 15) is 9.59 Å². The molecular formula is C18H27ClN2O5. The first-order chi connectivity index (χ1) is 12.0. The third-order valence-corrected chi connectivity index (χ3v) is 4.66. The van der Waals surface area contributed by atoms with Crippen LogP contribution >= 0.6 is 12.4 Å². The van der Waals surface area contributed by atoms with Crippen molar-refractivity contribution in [2.45, 2.75) is 25.8 Å². The van der Waals surface area contributed by atoms with Gasteiger partial charge in [-0.15, -0.1) is 12.4 Å². The molecule has 146 valence electrons. The summed E-state index contributed by atoms with van der Waals surface area (Å²) in [5, 5.41) is 12.0. The number of ether oxygens (including phenoxy) is 2. The lowest BCUT2D eigenvalue weighted by atomic mass is 10.1. The summed E-state index contributed by atoms with van der Waals surface area (Å²) in [6, 6.07) is 5.35. The minimum Gasteiger partial charge on any atom is -0.493 e. The number of carboxylic acids is 1. The summed E-state index contributed by atoms with van der Waals surface area (Å²) in [6.45, 7) is 3.39. The Labute approximate surface area is 160 Å². The number of carbonyl (C=O) groups is 2. The van der Waals surface area contributed by atoms with Gasteiger partial charge in [-0.1, -0.05) is 6.07 Å². The number of nitrogens with one attached hydrogen (secondary N) is 1. The topological polar surface area (TPSA) is 88.1 Å². The van der Waals surface area contributed by atoms with Gasteiger partial charge in [-0.25, -0.2) is 0 Å². The van der Waals surface area contributed by atoms with Crippen LogP contribution in [0.5, 0.6) is 11.5 Å². The number of aliphatic carboxylic acids is 1. The molecule has 1 aromatic carbocycles. The first kappa shape index (κ1) is 22.1. The number of methoxy groups -OCH3 is 2. The van der Waals surface area contributed by atoms with Crippen LogP contribution in [-0.2, 0) is 16.0 Å². The first-order valence-electron chi connectivity index (χ1n) is 8.41. The van der Waals surface area contributed by atoms with Crippen LogP contribution in [0, 0.1) is 5.92 Å². The van der Waals surface area contributed by atoms with Crippen LogP contribution in [0.4, 0.5) is 0 Å². The van der Waals surface area contributed by atoms with Crippen LogP contribution in [0.25, 0.3) is 0 Å². The van der Waals surface area contributed by atoms with E-state index in [-0.39, 0.29) is 30.3 Å². The number of carboxylic acid groups (broad SMARTS) is 1. The maximum absolute atomic E-state index is 12.3. The fraction of sp³-hybridized carbons (Fsp3) is 0.556. The van der Waals surface area contributed by atoms with Crippen LogP contribution < -0.4 is 14.8 Å². The van der Waals surface area contributed by atoms with Gasteiger partial charge < -0.3 is 19.9 Å². The van der Waals surface area contributed by atoms with Gasteiger partial charge in [0.1, 0.15) is 0 Å². The smallest absolute Gasteiger partial charge is 0.307 e. The Morgan fingerprint density at radius 3 is 2.58 bits per heavy atom. The molecule has 2 atom stereocenters. The van der Waals surface area contributed by atoms with Crippen molar-refractivity contribution >= 4 is 24.3 Å². The van der Waals surface area contributed by atoms with E-state index in [1.807, 2.05) is 30.0 Å². The van der Waals surface area contributed by atoms with Crippen molar-refractivity contribution < 1.29 is 24.2 Å². The summed E-state index contributed by atoms with van der Waals surface area (Å²) >= 11 is 0. The van der Waals surface area contributed by atoms with Gasteiger partial charge in [0, 0.05) is 13.1 Å². The standard InChI is InChI=1S/C18H26N2O5.ClH/c1-12(20-9-7-14(11-20)18(22)23)17(21)19-8-6-13-4-5-15(24-2)16(10-13)25-3;/h4-5,10,12,14H,6-9,11H2,1-3H3,(H,19,21)(H,22,23);1H. The zero-order valence-corrected chi connectivity index (χ0v) is 16.2. The second-order valence-corrected chi connectivity index (χ2v) is 6.23. The number of benzene rings is 1. The highest BCUT2D eigenvalue weighted by atomic mass is 35.5. The normalized spacial score (nSPS) is 17.9. The largest absolute Gasteiger partial charge is 0.493 e. The molecule has 8 heteroatoms. The number of nitrogens with zero attached hydrogens (tertiary/aromatic N) is 1. The molecule has 7 nitrogen and oxygen atoms in total. The second-order valence-electron chi connectivity index (χ2n) is 6.23. The van der Waals surface area contributed by atoms with Gasteiger partial charge in [-0.3, -0.25) is 14.5 Å². The molecule has 0 radical (unpaired) electrons. The molecule has 26 heavy (non-hydrogen) atoms. The zero-order valence-electron chi connectivity index (χ0n) is 15.4. The molecule has 2 rings (SSSR count). The highest BCUT2D eigenvalue weighted by Gasteiger charge is 2.32. The minimum absolute atomic E-state index is 0. The lowest BCUT2D eigenvalue weighted by Crippen LogP contribution is -2.44. The number of carbonyl (C=O) groups excluding carboxylic acids is 1. The van der Waals surface area contributed by atoms with Crippen LogP contribution in [0.2, 0.25) is 0 Å². The van der Waals surface area contributed by atoms with Gasteiger partial charge in [0.25, 0.3) is 0 Å². The monoisotopic (exact) mass is 386 g/mol. The minimum atomic E-state index is -0.788. The molecule has 1 fully saturated rings. The summed E-state index contributed by atoms with van der Waals surface area (Å²) in [6.07, 6.45) is 1.27. The number of likely N-dealkylation sites (tertiary alicyclic amines) is 1. The lowest BCUT2D eigenvalue weighted by Gasteiger charge is -2.23. The van der Waals surface area contributed by atoms with Crippen molar-refractivity contribution in [1.82, 2.24) is 10.2 Å². The molecule has 1 saturated heterocycles. The Kier molecular flexibility index (Phi) is 8.68. The third-order valence-electron chi connectivity index (χ3n) is 4.66. The van der Waals surface area contributed by atoms with E-state index in [1.165, 1.54) is 0 Å². The number of amides is 1. The van der Waals surface area contributed by atoms with Crippen molar-refractivity contribution in [3.05, 3.63) is 23.8 Å². The van der Waals surface area contributed by atoms with E-state index in [1.54, 1.807) is 14.2 Å². The van der Waals surface area contributed by atoms with Gasteiger partial charge in [0.05, 0.1) is 26.2 Å². The van der Waals surface area contributed by atoms with E-state index in [2.05, 4.69) is 5.32 Å². The van der Waals surface area contributed by atoms with Gasteiger partial charge in [-0.2, -0.15) is 0 Å². The van der Waals surface area contributed by atoms with Crippen LogP contribution in [0.3, 0.4) is 0 Å². The molecule has 1 aromatic rings. The van der Waals surface area contributed by atoms with Crippen LogP contribution in [0.1, 0.15) is 18.9 Å². The quantitative estimate of drug-likeness (QED) is 0.705. The van der Waals surface area contributed by atoms with Gasteiger partial charge in [0.2, 0.25) is 5.91 Å². The Bertz CT molecular complexity index is 626. The van der Waals surface area contributed by atoms with Gasteiger partial charge in [0.15, 0.2) is 11.5 Å². The highest BCUT2D eigenvalue weighted by Crippen LogP contribution is 2.27. The Morgan fingerprint density at radius 1 is 1.31 bits per heavy atom. The molecule has 0 aromatic heterocycles. The van der Waals surface area contributed by atoms with Crippen molar-refractivity contribution in [2.24, 2.45) is 5.92 Å². The summed E-state index contributed by atoms with van der Waals surface area (Å²) in [7, 11) is 3.18. The molecule has 2 unspecified atom stereocenters. The van der Waals surface area contributed by atoms with Crippen molar-refractivity contribution in [2.75, 3.05) is 33.9 Å². The molecule has 0 spiro atoms. The van der Waals surface area contributed by atoms with Crippen molar-refractivity contribution in [3.8, 4) is 11.5 Å². The highest BCUT2D eigenvalue weighted by molar-refractivity contribution is 5.85. The molecule has 1 amide bonds. The Hall–Kier alpha value is -1.99. The third kappa shape index (κ3) is 5.51. The van der Waals surface area contributed by atoms with E-state index in [0.717, 1.165) is 5.56 Å². The van der Waals surface area contributed by atoms with Crippen molar-refractivity contribution in [1.29, 1.82) is 0 Å². The summed E-state index contributed by atoms with van der Waals surface area (Å²) < 4.78 is 10.5. The van der Waals surface area contributed by atoms with E-state index in [4.69, 9.17) is 14.6 Å². The molecule has 0 aliphatic carbocycles. The second kappa shape index (κ2) is 10.2. The van der Waals surface area contributed by atoms with Crippen LogP contribution in [-0.4, -0.2) is 61.8 Å². The predicted octanol–water partition coefficient (Wildman–Crippen LogP) is 1.58. The molecule has 1 aliphatic rings. The van der Waals surface area contributed by atoms with E-state index in [0.29, 0.717) is 44.0 Å². The van der Waals surface area contributed by atoms with Gasteiger partial charge in [-0.05, 0) is 44.0 Å². The summed E-state index contributed by atoms with van der Waals surface area (Å²) in [5.74, 6) is 0.0968. The number of hydrogen-bond donors (Lipinski definition) is 2. The summed E-state index contributed by atoms with van der Waals surface area (Å²) in [4.78, 5) is 25.2. The molecule has 0 saturated carbocycles. The van der Waals surface area contributed by atoms with E-state index >= 15 is 0 Å². The fourth-order valence-corrected chi connectivity index (χ4v) is 3.02. The molecule has 2 N–H and O–H groups in total. The molecule has 0 bridgehead atoms.